The zero-order valence-electron chi connectivity index (χ0n) is 18.5. The highest BCUT2D eigenvalue weighted by atomic mass is 32.2. The first kappa shape index (κ1) is 25.5. The lowest BCUT2D eigenvalue weighted by Crippen LogP contribution is -2.71. The number of thiocarbonyl (C=S) groups is 1. The Morgan fingerprint density at radius 1 is 1.37 bits per heavy atom. The van der Waals surface area contributed by atoms with E-state index in [4.69, 9.17) is 17.0 Å². The second-order valence-electron chi connectivity index (χ2n) is 7.39. The van der Waals surface area contributed by atoms with Crippen LogP contribution in [0.15, 0.2) is 46.8 Å². The Bertz CT molecular complexity index is 1190. The molecule has 0 spiro atoms. The summed E-state index contributed by atoms with van der Waals surface area (Å²) in [6, 6.07) is 7.95. The first-order valence-electron chi connectivity index (χ1n) is 10.2. The maximum atomic E-state index is 13.1. The number of hydrogen-bond donors (Lipinski definition) is 2. The summed E-state index contributed by atoms with van der Waals surface area (Å²) in [6.45, 7) is 0. The molecule has 2 amide bonds. The number of hydrogen-bond acceptors (Lipinski definition) is 11. The standard InChI is InChI=1S/C20H20N6O5S4/c1-25-19(22-23-24-25)35-9-11-8-34-17-12(16(28)26(17)13(11)18(29)30)21-15(27)14(31-20(32)33-2)10-6-4-3-5-7-10/h3-7,12,14,17H,8-9H2,1-2H3,(H,21,27)(H,29,30)/t12-,14?,17?/m0/s1. The van der Waals surface area contributed by atoms with Crippen molar-refractivity contribution in [2.75, 3.05) is 17.8 Å². The van der Waals surface area contributed by atoms with Gasteiger partial charge in [0.2, 0.25) is 15.6 Å². The van der Waals surface area contributed by atoms with Gasteiger partial charge in [-0.3, -0.25) is 14.5 Å². The van der Waals surface area contributed by atoms with E-state index in [1.54, 1.807) is 37.6 Å². The Labute approximate surface area is 218 Å². The predicted molar refractivity (Wildman–Crippen MR) is 136 cm³/mol. The van der Waals surface area contributed by atoms with Crippen LogP contribution in [-0.4, -0.2) is 81.6 Å². The largest absolute Gasteiger partial charge is 0.477 e. The number of carbonyl (C=O) groups is 3. The summed E-state index contributed by atoms with van der Waals surface area (Å²) in [5.41, 5.74) is 1.11. The average Bonchev–Trinajstić information content (AvgIpc) is 3.28. The number of carboxylic acids is 1. The number of carboxylic acid groups (broad SMARTS) is 1. The summed E-state index contributed by atoms with van der Waals surface area (Å²) >= 11 is 9.00. The quantitative estimate of drug-likeness (QED) is 0.278. The number of rotatable bonds is 8. The molecule has 2 unspecified atom stereocenters. The summed E-state index contributed by atoms with van der Waals surface area (Å²) in [5.74, 6) is -1.52. The van der Waals surface area contributed by atoms with Gasteiger partial charge in [0.15, 0.2) is 0 Å². The van der Waals surface area contributed by atoms with Crippen molar-refractivity contribution < 1.29 is 24.2 Å². The van der Waals surface area contributed by atoms with Crippen molar-refractivity contribution in [3.05, 3.63) is 47.2 Å². The number of nitrogens with zero attached hydrogens (tertiary/aromatic N) is 5. The summed E-state index contributed by atoms with van der Waals surface area (Å²) < 4.78 is 7.35. The van der Waals surface area contributed by atoms with Crippen LogP contribution in [0, 0.1) is 0 Å². The normalized spacial score (nSPS) is 20.1. The highest BCUT2D eigenvalue weighted by Crippen LogP contribution is 2.41. The third-order valence-corrected chi connectivity index (χ3v) is 8.69. The Balaban J connectivity index is 1.49. The molecule has 3 heterocycles. The van der Waals surface area contributed by atoms with Crippen molar-refractivity contribution in [2.45, 2.75) is 22.7 Å². The third kappa shape index (κ3) is 5.32. The number of tetrazole rings is 1. The lowest BCUT2D eigenvalue weighted by molar-refractivity contribution is -0.151. The van der Waals surface area contributed by atoms with Crippen LogP contribution in [0.2, 0.25) is 0 Å². The lowest BCUT2D eigenvalue weighted by Gasteiger charge is -2.49. The first-order chi connectivity index (χ1) is 16.8. The fourth-order valence-corrected chi connectivity index (χ4v) is 6.19. The molecule has 1 saturated heterocycles. The van der Waals surface area contributed by atoms with Crippen LogP contribution < -0.4 is 5.32 Å². The molecule has 4 rings (SSSR count). The van der Waals surface area contributed by atoms with Crippen molar-refractivity contribution in [3.63, 3.8) is 0 Å². The minimum atomic E-state index is -1.20. The van der Waals surface area contributed by atoms with Crippen molar-refractivity contribution >= 4 is 69.7 Å². The minimum Gasteiger partial charge on any atom is -0.477 e. The Hall–Kier alpha value is -2.62. The van der Waals surface area contributed by atoms with Crippen molar-refractivity contribution in [3.8, 4) is 0 Å². The molecule has 0 radical (unpaired) electrons. The van der Waals surface area contributed by atoms with Gasteiger partial charge in [0.05, 0.1) is 0 Å². The molecule has 15 heteroatoms. The van der Waals surface area contributed by atoms with Crippen LogP contribution >= 0.6 is 47.5 Å². The van der Waals surface area contributed by atoms with Gasteiger partial charge in [-0.15, -0.1) is 16.9 Å². The van der Waals surface area contributed by atoms with Gasteiger partial charge in [0, 0.05) is 24.1 Å². The molecule has 2 N–H and O–H groups in total. The Kier molecular flexibility index (Phi) is 7.98. The maximum absolute atomic E-state index is 13.1. The molecular weight excluding hydrogens is 533 g/mol. The van der Waals surface area contributed by atoms with Gasteiger partial charge in [0.25, 0.3) is 11.8 Å². The van der Waals surface area contributed by atoms with E-state index in [1.807, 2.05) is 6.07 Å². The molecule has 1 aromatic heterocycles. The summed E-state index contributed by atoms with van der Waals surface area (Å²) in [4.78, 5) is 39.4. The predicted octanol–water partition coefficient (Wildman–Crippen LogP) is 1.45. The van der Waals surface area contributed by atoms with Crippen LogP contribution in [0.3, 0.4) is 0 Å². The number of ether oxygens (including phenoxy) is 1. The highest BCUT2D eigenvalue weighted by Gasteiger charge is 2.54. The number of nitrogens with one attached hydrogen (secondary N) is 1. The van der Waals surface area contributed by atoms with Gasteiger partial charge in [-0.25, -0.2) is 9.48 Å². The minimum absolute atomic E-state index is 0.0636. The zero-order chi connectivity index (χ0) is 25.1. The summed E-state index contributed by atoms with van der Waals surface area (Å²) in [7, 11) is 1.69. The zero-order valence-corrected chi connectivity index (χ0v) is 21.7. The van der Waals surface area contributed by atoms with Crippen molar-refractivity contribution in [1.82, 2.24) is 30.4 Å². The van der Waals surface area contributed by atoms with E-state index in [1.165, 1.54) is 44.9 Å². The number of carbonyl (C=O) groups excluding carboxylic acids is 2. The van der Waals surface area contributed by atoms with Gasteiger partial charge in [0.1, 0.15) is 17.1 Å². The number of benzene rings is 1. The average molecular weight is 553 g/mol. The van der Waals surface area contributed by atoms with Gasteiger partial charge in [-0.2, -0.15) is 0 Å². The first-order valence-corrected chi connectivity index (χ1v) is 13.8. The molecule has 3 atom stereocenters. The molecule has 0 bridgehead atoms. The van der Waals surface area contributed by atoms with Crippen LogP contribution in [-0.2, 0) is 26.2 Å². The Morgan fingerprint density at radius 3 is 2.74 bits per heavy atom. The van der Waals surface area contributed by atoms with E-state index in [0.717, 1.165) is 0 Å². The van der Waals surface area contributed by atoms with Gasteiger partial charge < -0.3 is 15.2 Å². The fraction of sp³-hybridized carbons (Fsp3) is 0.350. The molecule has 2 aromatic rings. The fourth-order valence-electron chi connectivity index (χ4n) is 3.56. The number of thioether (sulfide) groups is 3. The number of aliphatic carboxylic acids is 1. The maximum Gasteiger partial charge on any atom is 0.352 e. The van der Waals surface area contributed by atoms with Gasteiger partial charge in [-0.05, 0) is 34.5 Å². The Morgan fingerprint density at radius 2 is 2.11 bits per heavy atom. The molecular formula is C20H20N6O5S4. The third-order valence-electron chi connectivity index (χ3n) is 5.23. The monoisotopic (exact) mass is 552 g/mol. The van der Waals surface area contributed by atoms with Crippen LogP contribution in [0.4, 0.5) is 0 Å². The van der Waals surface area contributed by atoms with Gasteiger partial charge >= 0.3 is 5.97 Å². The lowest BCUT2D eigenvalue weighted by atomic mass is 10.0. The van der Waals surface area contributed by atoms with Crippen LogP contribution in [0.1, 0.15) is 11.7 Å². The molecule has 11 nitrogen and oxygen atoms in total. The summed E-state index contributed by atoms with van der Waals surface area (Å²) in [5, 5.41) is 23.8. The van der Waals surface area contributed by atoms with Crippen molar-refractivity contribution in [2.24, 2.45) is 7.05 Å². The molecule has 2 aliphatic rings. The van der Waals surface area contributed by atoms with E-state index in [9.17, 15) is 19.5 Å². The number of amides is 2. The van der Waals surface area contributed by atoms with E-state index in [2.05, 4.69) is 20.8 Å². The second kappa shape index (κ2) is 11.0. The molecule has 0 aliphatic carbocycles. The topological polar surface area (TPSA) is 140 Å². The van der Waals surface area contributed by atoms with Crippen molar-refractivity contribution in [1.29, 1.82) is 0 Å². The van der Waals surface area contributed by atoms with E-state index in [-0.39, 0.29) is 10.1 Å². The molecule has 2 aliphatic heterocycles. The molecule has 1 fully saturated rings. The van der Waals surface area contributed by atoms with Crippen LogP contribution in [0.25, 0.3) is 0 Å². The van der Waals surface area contributed by atoms with E-state index < -0.39 is 35.3 Å². The van der Waals surface area contributed by atoms with Gasteiger partial charge in [-0.1, -0.05) is 53.9 Å². The smallest absolute Gasteiger partial charge is 0.352 e. The number of β-lactam (4-membered cyclic amide) rings is 1. The molecule has 184 valence electrons. The highest BCUT2D eigenvalue weighted by molar-refractivity contribution is 8.22. The second-order valence-corrected chi connectivity index (χ2v) is 10.8. The number of aromatic nitrogens is 4. The molecule has 0 saturated carbocycles. The number of fused-ring (bicyclic) bond motifs is 1. The van der Waals surface area contributed by atoms with Crippen LogP contribution in [0.5, 0.6) is 0 Å². The van der Waals surface area contributed by atoms with E-state index >= 15 is 0 Å². The summed E-state index contributed by atoms with van der Waals surface area (Å²) in [6.07, 6.45) is 0.707. The van der Waals surface area contributed by atoms with E-state index in [0.29, 0.717) is 27.8 Å². The SMILES string of the molecule is CSC(=S)OC(C(=O)N[C@H]1C(=O)N2C(C(=O)O)=C(CSc3nnnn3C)CSC12)c1ccccc1. The molecule has 1 aromatic carbocycles. The molecule has 35 heavy (non-hydrogen) atoms. The number of aryl methyl sites for hydroxylation is 1.